The van der Waals surface area contributed by atoms with Gasteiger partial charge in [-0.25, -0.2) is 0 Å². The van der Waals surface area contributed by atoms with Crippen LogP contribution >= 0.6 is 15.9 Å². The van der Waals surface area contributed by atoms with Gasteiger partial charge in [-0.15, -0.1) is 0 Å². The van der Waals surface area contributed by atoms with E-state index in [0.717, 1.165) is 50.0 Å². The number of amides is 2. The molecule has 5 heterocycles. The van der Waals surface area contributed by atoms with E-state index in [1.54, 1.807) is 48.4 Å². The normalized spacial score (nSPS) is 15.0. The van der Waals surface area contributed by atoms with Crippen LogP contribution in [0.4, 0.5) is 34.1 Å². The molecule has 20 heteroatoms. The third-order valence-electron chi connectivity index (χ3n) is 14.3. The third-order valence-corrected chi connectivity index (χ3v) is 14.8. The van der Waals surface area contributed by atoms with E-state index in [2.05, 4.69) is 22.0 Å². The van der Waals surface area contributed by atoms with E-state index in [1.807, 2.05) is 132 Å². The van der Waals surface area contributed by atoms with Crippen molar-refractivity contribution in [1.82, 2.24) is 9.13 Å². The van der Waals surface area contributed by atoms with Gasteiger partial charge in [-0.2, -0.15) is 0 Å². The summed E-state index contributed by atoms with van der Waals surface area (Å²) in [4.78, 5) is 81.0. The van der Waals surface area contributed by atoms with Crippen LogP contribution in [0.1, 0.15) is 84.5 Å². The fraction of sp³-hybridized carbons (Fsp3) is 0.345. The van der Waals surface area contributed by atoms with Crippen molar-refractivity contribution in [2.24, 2.45) is 14.1 Å². The average molecular weight is 1130 g/mol. The van der Waals surface area contributed by atoms with Crippen LogP contribution in [0, 0.1) is 0 Å². The van der Waals surface area contributed by atoms with Crippen molar-refractivity contribution in [3.05, 3.63) is 156 Å². The minimum Gasteiger partial charge on any atom is -0.461 e. The highest BCUT2D eigenvalue weighted by molar-refractivity contribution is 9.10. The van der Waals surface area contributed by atoms with Crippen molar-refractivity contribution < 1.29 is 38.0 Å². The molecule has 0 spiro atoms. The number of nitrogens with zero attached hydrogens (tertiary/aromatic N) is 6. The maximum absolute atomic E-state index is 13.6. The number of aromatic nitrogens is 2. The Bertz CT molecular complexity index is 3360. The number of nitrogen functional groups attached to an aromatic ring is 2. The Kier molecular flexibility index (Phi) is 17.5. The van der Waals surface area contributed by atoms with E-state index >= 15 is 0 Å². The number of hydrogen-bond acceptors (Lipinski definition) is 14. The number of fused-ring (bicyclic) bond motifs is 2. The summed E-state index contributed by atoms with van der Waals surface area (Å²) >= 11 is 3.21. The Labute approximate surface area is 463 Å². The molecule has 4 aromatic carbocycles. The van der Waals surface area contributed by atoms with Gasteiger partial charge in [0.25, 0.3) is 22.9 Å². The van der Waals surface area contributed by atoms with Crippen LogP contribution in [-0.2, 0) is 68.5 Å². The molecule has 2 amide bonds. The first-order valence-electron chi connectivity index (χ1n) is 25.4. The number of nitrogens with two attached hydrogens (primary N) is 2. The summed E-state index contributed by atoms with van der Waals surface area (Å²) in [6, 6.07) is 26.2. The third kappa shape index (κ3) is 12.5. The van der Waals surface area contributed by atoms with Crippen molar-refractivity contribution in [2.75, 3.05) is 72.3 Å². The van der Waals surface area contributed by atoms with Gasteiger partial charge in [0.1, 0.15) is 13.2 Å². The number of rotatable bonds is 10. The van der Waals surface area contributed by atoms with Gasteiger partial charge in [0.2, 0.25) is 0 Å². The summed E-state index contributed by atoms with van der Waals surface area (Å²) in [5.41, 5.74) is 20.7. The number of benzene rings is 4. The first-order chi connectivity index (χ1) is 36.7. The maximum Gasteiger partial charge on any atom is 0.495 e. The van der Waals surface area contributed by atoms with E-state index in [1.165, 1.54) is 23.0 Å². The molecular formula is C58H68BBrN8O10. The second-order valence-electron chi connectivity index (χ2n) is 20.8. The zero-order valence-corrected chi connectivity index (χ0v) is 47.9. The predicted octanol–water partition coefficient (Wildman–Crippen LogP) is 7.01. The van der Waals surface area contributed by atoms with Crippen LogP contribution in [0.25, 0.3) is 11.1 Å². The fourth-order valence-electron chi connectivity index (χ4n) is 9.34. The number of anilines is 6. The molecule has 0 atom stereocenters. The largest absolute Gasteiger partial charge is 0.495 e. The Morgan fingerprint density at radius 1 is 0.628 bits per heavy atom. The Balaban J connectivity index is 0.000000192. The average Bonchev–Trinajstić information content (AvgIpc) is 3.72. The van der Waals surface area contributed by atoms with Crippen LogP contribution in [0.2, 0.25) is 0 Å². The minimum atomic E-state index is -0.634. The molecule has 9 rings (SSSR count). The van der Waals surface area contributed by atoms with Crippen LogP contribution in [0.15, 0.2) is 111 Å². The lowest BCUT2D eigenvalue weighted by Gasteiger charge is -2.32. The molecular weight excluding hydrogens is 1060 g/mol. The highest BCUT2D eigenvalue weighted by Gasteiger charge is 2.52. The van der Waals surface area contributed by atoms with Crippen molar-refractivity contribution in [2.45, 2.75) is 78.8 Å². The van der Waals surface area contributed by atoms with Crippen LogP contribution in [0.3, 0.4) is 0 Å². The monoisotopic (exact) mass is 1130 g/mol. The lowest BCUT2D eigenvalue weighted by molar-refractivity contribution is -0.143. The predicted molar refractivity (Wildman–Crippen MR) is 311 cm³/mol. The van der Waals surface area contributed by atoms with Crippen LogP contribution < -0.4 is 47.6 Å². The van der Waals surface area contributed by atoms with Gasteiger partial charge < -0.3 is 59.0 Å². The van der Waals surface area contributed by atoms with E-state index in [4.69, 9.17) is 30.2 Å². The summed E-state index contributed by atoms with van der Waals surface area (Å²) < 4.78 is 27.0. The zero-order valence-electron chi connectivity index (χ0n) is 46.4. The Hall–Kier alpha value is -7.68. The number of esters is 2. The molecule has 0 saturated carbocycles. The summed E-state index contributed by atoms with van der Waals surface area (Å²) in [5.74, 6) is -0.983. The molecule has 78 heavy (non-hydrogen) atoms. The molecule has 6 aromatic rings. The fourth-order valence-corrected chi connectivity index (χ4v) is 9.89. The lowest BCUT2D eigenvalue weighted by atomic mass is 9.75. The molecule has 0 bridgehead atoms. The maximum atomic E-state index is 13.6. The van der Waals surface area contributed by atoms with E-state index in [0.29, 0.717) is 53.1 Å². The van der Waals surface area contributed by atoms with Gasteiger partial charge in [-0.1, -0.05) is 24.3 Å². The molecule has 4 N–H and O–H groups in total. The number of pyridine rings is 2. The van der Waals surface area contributed by atoms with Crippen molar-refractivity contribution in [3.63, 3.8) is 0 Å². The first-order valence-corrected chi connectivity index (χ1v) is 26.2. The topological polar surface area (TPSA) is 214 Å². The number of carbonyl (C=O) groups is 4. The molecule has 18 nitrogen and oxygen atoms in total. The van der Waals surface area contributed by atoms with Gasteiger partial charge in [0.05, 0.1) is 34.0 Å². The molecule has 0 unspecified atom stereocenters. The minimum absolute atomic E-state index is 0.0141. The molecule has 3 aliphatic heterocycles. The van der Waals surface area contributed by atoms with Gasteiger partial charge >= 0.3 is 19.1 Å². The second kappa shape index (κ2) is 23.5. The van der Waals surface area contributed by atoms with Crippen LogP contribution in [0.5, 0.6) is 0 Å². The SMILES string of the molecule is CC(=O)OCc1c(-c2cc(N)c(=O)n(C)c2)cccc1N1CCc2cc(N(C)C)ccc2C1=O.CC(=O)OCc1c(B2OC(C)(C)C(C)(C)O2)cccc1N1CCc2cc(N(C)C)ccc2C1=O.Cn1cc(Br)cc(N)c1=O. The van der Waals surface area contributed by atoms with Crippen molar-refractivity contribution in [3.8, 4) is 11.1 Å². The Morgan fingerprint density at radius 2 is 1.08 bits per heavy atom. The molecule has 3 aliphatic rings. The van der Waals surface area contributed by atoms with Gasteiger partial charge in [-0.3, -0.25) is 28.8 Å². The molecule has 410 valence electrons. The highest BCUT2D eigenvalue weighted by atomic mass is 79.9. The second-order valence-corrected chi connectivity index (χ2v) is 21.7. The molecule has 1 fully saturated rings. The standard InChI is InChI=1S/C26H33BN2O5.C26H28N4O4.C6H7BrN2O/c1-17(30)32-16-21-22(27-33-25(2,3)26(4,5)34-27)9-8-10-23(21)29-14-13-18-15-19(28(6)7)11-12-20(18)24(29)31;1-16(31)34-15-22-20(18-13-23(27)26(33)29(4)14-18)6-5-7-24(22)30-11-10-17-12-19(28(2)3)8-9-21(17)25(30)32;1-9-3-4(7)2-5(8)6(9)10/h8-12,15H,13-14,16H2,1-7H3;5-9,12-14H,10-11,15,27H2,1-4H3;2-3H,8H2,1H3. The molecule has 2 aromatic heterocycles. The van der Waals surface area contributed by atoms with Crippen molar-refractivity contribution in [1.29, 1.82) is 0 Å². The van der Waals surface area contributed by atoms with Crippen LogP contribution in [-0.4, -0.2) is 92.5 Å². The summed E-state index contributed by atoms with van der Waals surface area (Å²) in [7, 11) is 10.6. The van der Waals surface area contributed by atoms with Gasteiger partial charge in [-0.05, 0) is 139 Å². The van der Waals surface area contributed by atoms with E-state index in [-0.39, 0.29) is 53.5 Å². The summed E-state index contributed by atoms with van der Waals surface area (Å²) in [6.07, 6.45) is 4.78. The van der Waals surface area contributed by atoms with Gasteiger partial charge in [0.15, 0.2) is 0 Å². The van der Waals surface area contributed by atoms with Gasteiger partial charge in [0, 0.05) is 125 Å². The Morgan fingerprint density at radius 3 is 1.54 bits per heavy atom. The smallest absolute Gasteiger partial charge is 0.461 e. The quantitative estimate of drug-likeness (QED) is 0.104. The number of ether oxygens (including phenoxy) is 2. The number of aryl methyl sites for hydroxylation is 2. The highest BCUT2D eigenvalue weighted by Crippen LogP contribution is 2.39. The lowest BCUT2D eigenvalue weighted by Crippen LogP contribution is -2.42. The zero-order chi connectivity index (χ0) is 57.1. The number of carbonyl (C=O) groups excluding carboxylic acids is 4. The molecule has 0 aliphatic carbocycles. The summed E-state index contributed by atoms with van der Waals surface area (Å²) in [5, 5.41) is 0. The van der Waals surface area contributed by atoms with E-state index in [9.17, 15) is 28.8 Å². The first kappa shape index (κ1) is 58.0. The molecule has 0 radical (unpaired) electrons. The number of halogens is 1. The number of hydrogen-bond donors (Lipinski definition) is 2. The summed E-state index contributed by atoms with van der Waals surface area (Å²) in [6.45, 7) is 11.7. The molecule has 1 saturated heterocycles. The van der Waals surface area contributed by atoms with Crippen molar-refractivity contribution >= 4 is 86.4 Å². The van der Waals surface area contributed by atoms with E-state index < -0.39 is 24.3 Å².